The van der Waals surface area contributed by atoms with Crippen molar-refractivity contribution in [1.82, 2.24) is 0 Å². The predicted octanol–water partition coefficient (Wildman–Crippen LogP) is 4.04. The Morgan fingerprint density at radius 2 is 2.04 bits per heavy atom. The first kappa shape index (κ1) is 20.9. The lowest BCUT2D eigenvalue weighted by Crippen LogP contribution is -2.23. The highest BCUT2D eigenvalue weighted by molar-refractivity contribution is 6.00. The fraction of sp³-hybridized carbons (Fsp3) is 0.471. The molecule has 3 nitrogen and oxygen atoms in total. The minimum atomic E-state index is -4.78. The zero-order valence-electron chi connectivity index (χ0n) is 14.1. The van der Waals surface area contributed by atoms with Crippen LogP contribution in [0.2, 0.25) is 0 Å². The zero-order chi connectivity index (χ0) is 19.4. The van der Waals surface area contributed by atoms with Gasteiger partial charge < -0.3 is 11.5 Å². The fourth-order valence-corrected chi connectivity index (χ4v) is 2.57. The lowest BCUT2D eigenvalue weighted by Gasteiger charge is -2.23. The van der Waals surface area contributed by atoms with E-state index in [-0.39, 0.29) is 24.1 Å². The first-order valence-corrected chi connectivity index (χ1v) is 7.61. The van der Waals surface area contributed by atoms with Crippen molar-refractivity contribution in [3.63, 3.8) is 0 Å². The van der Waals surface area contributed by atoms with Crippen molar-refractivity contribution < 1.29 is 22.0 Å². The Balaban J connectivity index is 3.58. The third-order valence-corrected chi connectivity index (χ3v) is 3.96. The molecular weight excluding hydrogens is 341 g/mol. The second kappa shape index (κ2) is 8.31. The normalized spacial score (nSPS) is 23.2. The second-order valence-electron chi connectivity index (χ2n) is 5.83. The van der Waals surface area contributed by atoms with Crippen LogP contribution in [0.25, 0.3) is 0 Å². The number of nitrogens with two attached hydrogens (primary N) is 2. The molecule has 4 N–H and O–H groups in total. The Morgan fingerprint density at radius 1 is 1.44 bits per heavy atom. The number of hydrogen-bond acceptors (Lipinski definition) is 3. The molecule has 0 bridgehead atoms. The summed E-state index contributed by atoms with van der Waals surface area (Å²) >= 11 is 0. The molecule has 25 heavy (non-hydrogen) atoms. The molecule has 1 rings (SSSR count). The quantitative estimate of drug-likeness (QED) is 0.724. The van der Waals surface area contributed by atoms with Gasteiger partial charge in [0, 0.05) is 29.8 Å². The molecule has 0 aromatic carbocycles. The van der Waals surface area contributed by atoms with Crippen LogP contribution in [0.5, 0.6) is 0 Å². The van der Waals surface area contributed by atoms with E-state index in [4.69, 9.17) is 11.5 Å². The van der Waals surface area contributed by atoms with Crippen molar-refractivity contribution in [3.8, 4) is 0 Å². The van der Waals surface area contributed by atoms with Gasteiger partial charge in [-0.2, -0.15) is 13.2 Å². The molecule has 1 heterocycles. The molecule has 0 amide bonds. The maximum atomic E-state index is 13.8. The monoisotopic (exact) mass is 363 g/mol. The van der Waals surface area contributed by atoms with Gasteiger partial charge in [-0.25, -0.2) is 8.78 Å². The Morgan fingerprint density at radius 3 is 2.52 bits per heavy atom. The third kappa shape index (κ3) is 5.44. The molecule has 0 radical (unpaired) electrons. The first-order chi connectivity index (χ1) is 11.5. The van der Waals surface area contributed by atoms with Gasteiger partial charge in [0.15, 0.2) is 0 Å². The summed E-state index contributed by atoms with van der Waals surface area (Å²) in [5, 5.41) is 0. The molecule has 0 aromatic heterocycles. The van der Waals surface area contributed by atoms with Gasteiger partial charge in [-0.15, -0.1) is 0 Å². The topological polar surface area (TPSA) is 64.4 Å². The van der Waals surface area contributed by atoms with Crippen LogP contribution in [0.1, 0.15) is 26.7 Å². The van der Waals surface area contributed by atoms with E-state index in [1.165, 1.54) is 13.0 Å². The average molecular weight is 363 g/mol. The van der Waals surface area contributed by atoms with Crippen LogP contribution in [0.15, 0.2) is 51.8 Å². The van der Waals surface area contributed by atoms with Gasteiger partial charge >= 0.3 is 6.18 Å². The zero-order valence-corrected chi connectivity index (χ0v) is 14.1. The van der Waals surface area contributed by atoms with E-state index in [1.54, 1.807) is 6.92 Å². The van der Waals surface area contributed by atoms with Crippen LogP contribution < -0.4 is 11.5 Å². The highest BCUT2D eigenvalue weighted by Crippen LogP contribution is 2.37. The van der Waals surface area contributed by atoms with Gasteiger partial charge in [-0.3, -0.25) is 4.99 Å². The number of allylic oxidation sites excluding steroid dienone is 6. The standard InChI is InChI=1S/C17H22F5N3/c1-9(15(17(20,21)22)7-16(19)10(2)24)13(4-5-23)14-6-12(18)8-25-11(14)3/h4-5,12,16H,2,6-8,23-24H2,1,3H3/b5-4?,14-13?,15-9-. The second-order valence-corrected chi connectivity index (χ2v) is 5.83. The Kier molecular flexibility index (Phi) is 6.96. The molecule has 0 fully saturated rings. The van der Waals surface area contributed by atoms with Crippen LogP contribution in [0, 0.1) is 0 Å². The number of rotatable bonds is 5. The van der Waals surface area contributed by atoms with Crippen molar-refractivity contribution >= 4 is 5.71 Å². The van der Waals surface area contributed by atoms with Crippen LogP contribution in [0.4, 0.5) is 22.0 Å². The summed E-state index contributed by atoms with van der Waals surface area (Å²) in [6, 6.07) is 0. The van der Waals surface area contributed by atoms with Gasteiger partial charge in [0.2, 0.25) is 0 Å². The van der Waals surface area contributed by atoms with Gasteiger partial charge in [-0.05, 0) is 42.8 Å². The number of hydrogen-bond donors (Lipinski definition) is 2. The van der Waals surface area contributed by atoms with Crippen LogP contribution in [-0.2, 0) is 0 Å². The van der Waals surface area contributed by atoms with Crippen molar-refractivity contribution in [2.75, 3.05) is 6.54 Å². The maximum Gasteiger partial charge on any atom is 0.413 e. The van der Waals surface area contributed by atoms with E-state index in [0.29, 0.717) is 11.3 Å². The Bertz CT molecular complexity index is 641. The summed E-state index contributed by atoms with van der Waals surface area (Å²) in [7, 11) is 0. The molecule has 0 saturated carbocycles. The van der Waals surface area contributed by atoms with E-state index in [0.717, 1.165) is 6.20 Å². The number of nitrogens with zero attached hydrogens (tertiary/aromatic N) is 1. The van der Waals surface area contributed by atoms with Gasteiger partial charge in [0.25, 0.3) is 0 Å². The molecule has 0 spiro atoms. The molecular formula is C17H22F5N3. The summed E-state index contributed by atoms with van der Waals surface area (Å²) in [4.78, 5) is 3.99. The molecule has 1 aliphatic rings. The SMILES string of the molecule is C=C(N)C(F)C/C(=C(\C)C(C=CN)=C1CC(F)CN=C1C)C(F)(F)F. The summed E-state index contributed by atoms with van der Waals surface area (Å²) in [6.45, 7) is 5.89. The molecule has 140 valence electrons. The largest absolute Gasteiger partial charge is 0.413 e. The van der Waals surface area contributed by atoms with Crippen molar-refractivity contribution in [2.45, 2.75) is 45.2 Å². The predicted molar refractivity (Wildman–Crippen MR) is 89.4 cm³/mol. The van der Waals surface area contributed by atoms with E-state index < -0.39 is 36.2 Å². The summed E-state index contributed by atoms with van der Waals surface area (Å²) in [5.74, 6) is 0. The van der Waals surface area contributed by atoms with Crippen LogP contribution in [-0.4, -0.2) is 30.8 Å². The van der Waals surface area contributed by atoms with Crippen LogP contribution in [0.3, 0.4) is 0 Å². The van der Waals surface area contributed by atoms with E-state index in [2.05, 4.69) is 11.6 Å². The number of aliphatic imine (C=N–C) groups is 1. The van der Waals surface area contributed by atoms with Gasteiger partial charge in [0.1, 0.15) is 12.3 Å². The van der Waals surface area contributed by atoms with Crippen molar-refractivity contribution in [3.05, 3.63) is 46.8 Å². The lowest BCUT2D eigenvalue weighted by atomic mass is 9.88. The Labute approximate surface area is 143 Å². The van der Waals surface area contributed by atoms with E-state index in [1.807, 2.05) is 0 Å². The molecule has 8 heteroatoms. The fourth-order valence-electron chi connectivity index (χ4n) is 2.57. The molecule has 2 atom stereocenters. The van der Waals surface area contributed by atoms with E-state index >= 15 is 0 Å². The molecule has 0 aliphatic carbocycles. The summed E-state index contributed by atoms with van der Waals surface area (Å²) < 4.78 is 67.9. The smallest absolute Gasteiger partial charge is 0.405 e. The van der Waals surface area contributed by atoms with Crippen molar-refractivity contribution in [2.24, 2.45) is 16.5 Å². The molecule has 2 unspecified atom stereocenters. The Hall–Kier alpha value is -2.12. The number of alkyl halides is 5. The van der Waals surface area contributed by atoms with Crippen LogP contribution >= 0.6 is 0 Å². The molecule has 0 aromatic rings. The molecule has 0 saturated heterocycles. The highest BCUT2D eigenvalue weighted by Gasteiger charge is 2.38. The highest BCUT2D eigenvalue weighted by atomic mass is 19.4. The minimum absolute atomic E-state index is 0.0383. The molecule has 1 aliphatic heterocycles. The minimum Gasteiger partial charge on any atom is -0.405 e. The summed E-state index contributed by atoms with van der Waals surface area (Å²) in [5.41, 5.74) is 9.54. The maximum absolute atomic E-state index is 13.8. The first-order valence-electron chi connectivity index (χ1n) is 7.61. The average Bonchev–Trinajstić information content (AvgIpc) is 2.50. The van der Waals surface area contributed by atoms with Gasteiger partial charge in [0.05, 0.1) is 6.54 Å². The third-order valence-electron chi connectivity index (χ3n) is 3.96. The van der Waals surface area contributed by atoms with E-state index in [9.17, 15) is 22.0 Å². The van der Waals surface area contributed by atoms with Crippen molar-refractivity contribution in [1.29, 1.82) is 0 Å². The van der Waals surface area contributed by atoms with Gasteiger partial charge in [-0.1, -0.05) is 6.58 Å². The lowest BCUT2D eigenvalue weighted by molar-refractivity contribution is -0.0960. The number of halogens is 5. The summed E-state index contributed by atoms with van der Waals surface area (Å²) in [6.07, 6.45) is -6.88.